The molecule has 1 unspecified atom stereocenters. The number of carbonyl (C=O) groups excluding carboxylic acids is 2. The summed E-state index contributed by atoms with van der Waals surface area (Å²) in [6.07, 6.45) is 1.54. The lowest BCUT2D eigenvalue weighted by molar-refractivity contribution is -0.136. The van der Waals surface area contributed by atoms with Crippen molar-refractivity contribution < 1.29 is 9.59 Å². The molecular weight excluding hydrogens is 310 g/mol. The molecule has 1 aliphatic heterocycles. The first-order valence-electron chi connectivity index (χ1n) is 8.05. The lowest BCUT2D eigenvalue weighted by Crippen LogP contribution is -2.51. The van der Waals surface area contributed by atoms with E-state index in [1.165, 1.54) is 9.80 Å². The molecule has 1 saturated heterocycles. The summed E-state index contributed by atoms with van der Waals surface area (Å²) in [5, 5.41) is 0. The van der Waals surface area contributed by atoms with Crippen LogP contribution in [0.5, 0.6) is 0 Å². The number of thioether (sulfide) groups is 1. The Bertz CT molecular complexity index is 536. The fraction of sp³-hybridized carbons (Fsp3) is 0.529. The van der Waals surface area contributed by atoms with Gasteiger partial charge in [-0.05, 0) is 38.8 Å². The van der Waals surface area contributed by atoms with Crippen LogP contribution in [0.3, 0.4) is 0 Å². The van der Waals surface area contributed by atoms with E-state index in [0.717, 1.165) is 12.2 Å². The monoisotopic (exact) mass is 335 g/mol. The van der Waals surface area contributed by atoms with E-state index >= 15 is 0 Å². The molecule has 0 spiro atoms. The van der Waals surface area contributed by atoms with E-state index in [4.69, 9.17) is 5.73 Å². The topological polar surface area (TPSA) is 66.6 Å². The van der Waals surface area contributed by atoms with E-state index in [-0.39, 0.29) is 11.9 Å². The molecule has 2 rings (SSSR count). The Kier molecular flexibility index (Phi) is 6.33. The zero-order valence-electron chi connectivity index (χ0n) is 13.8. The van der Waals surface area contributed by atoms with Crippen molar-refractivity contribution in [3.8, 4) is 0 Å². The van der Waals surface area contributed by atoms with Crippen molar-refractivity contribution in [2.75, 3.05) is 18.8 Å². The van der Waals surface area contributed by atoms with Crippen molar-refractivity contribution in [3.05, 3.63) is 30.3 Å². The van der Waals surface area contributed by atoms with Gasteiger partial charge in [0.2, 0.25) is 5.91 Å². The van der Waals surface area contributed by atoms with E-state index < -0.39 is 12.1 Å². The Morgan fingerprint density at radius 1 is 1.35 bits per heavy atom. The molecule has 1 aliphatic rings. The third-order valence-electron chi connectivity index (χ3n) is 4.07. The van der Waals surface area contributed by atoms with Crippen molar-refractivity contribution in [2.45, 2.75) is 43.7 Å². The van der Waals surface area contributed by atoms with Crippen molar-refractivity contribution in [2.24, 2.45) is 5.73 Å². The van der Waals surface area contributed by atoms with Crippen LogP contribution >= 0.6 is 11.8 Å². The molecule has 1 fully saturated rings. The molecule has 0 radical (unpaired) electrons. The van der Waals surface area contributed by atoms with E-state index in [2.05, 4.69) is 12.1 Å². The molecule has 3 amide bonds. The molecule has 23 heavy (non-hydrogen) atoms. The summed E-state index contributed by atoms with van der Waals surface area (Å²) in [5.74, 6) is 0.849. The van der Waals surface area contributed by atoms with Crippen LogP contribution < -0.4 is 5.73 Å². The number of carbonyl (C=O) groups is 2. The number of benzene rings is 1. The number of hydrogen-bond donors (Lipinski definition) is 1. The molecule has 6 heteroatoms. The number of urea groups is 1. The van der Waals surface area contributed by atoms with E-state index in [0.29, 0.717) is 19.5 Å². The Labute approximate surface area is 142 Å². The first kappa shape index (κ1) is 17.7. The van der Waals surface area contributed by atoms with Gasteiger partial charge < -0.3 is 15.5 Å². The SMILES string of the molecule is CC(C)N(CCSc1ccccc1)C(=O)C1CCCN1C(N)=O. The van der Waals surface area contributed by atoms with Gasteiger partial charge in [0.15, 0.2) is 0 Å². The molecule has 5 nitrogen and oxygen atoms in total. The largest absolute Gasteiger partial charge is 0.351 e. The standard InChI is InChI=1S/C17H25N3O2S/c1-13(2)19(11-12-23-14-7-4-3-5-8-14)16(21)15-9-6-10-20(15)17(18)22/h3-5,7-8,13,15H,6,9-12H2,1-2H3,(H2,18,22). The highest BCUT2D eigenvalue weighted by molar-refractivity contribution is 7.99. The Balaban J connectivity index is 1.95. The third-order valence-corrected chi connectivity index (χ3v) is 5.06. The lowest BCUT2D eigenvalue weighted by Gasteiger charge is -2.32. The lowest BCUT2D eigenvalue weighted by atomic mass is 10.1. The Hall–Kier alpha value is -1.69. The number of likely N-dealkylation sites (tertiary alicyclic amines) is 1. The third kappa shape index (κ3) is 4.64. The molecule has 2 N–H and O–H groups in total. The molecule has 0 saturated carbocycles. The van der Waals surface area contributed by atoms with Crippen LogP contribution in [0.1, 0.15) is 26.7 Å². The number of amides is 3. The van der Waals surface area contributed by atoms with E-state index in [1.807, 2.05) is 36.9 Å². The van der Waals surface area contributed by atoms with Crippen LogP contribution in [-0.2, 0) is 4.79 Å². The van der Waals surface area contributed by atoms with Crippen LogP contribution in [0, 0.1) is 0 Å². The van der Waals surface area contributed by atoms with Crippen LogP contribution in [-0.4, -0.2) is 52.7 Å². The predicted octanol–water partition coefficient (Wildman–Crippen LogP) is 2.56. The number of primary amides is 1. The van der Waals surface area contributed by atoms with Gasteiger partial charge in [0.25, 0.3) is 0 Å². The average molecular weight is 335 g/mol. The normalized spacial score (nSPS) is 17.5. The fourth-order valence-electron chi connectivity index (χ4n) is 2.88. The van der Waals surface area contributed by atoms with E-state index in [9.17, 15) is 9.59 Å². The van der Waals surface area contributed by atoms with E-state index in [1.54, 1.807) is 11.8 Å². The minimum atomic E-state index is -0.497. The van der Waals surface area contributed by atoms with Crippen molar-refractivity contribution in [1.82, 2.24) is 9.80 Å². The molecule has 0 aliphatic carbocycles. The maximum Gasteiger partial charge on any atom is 0.315 e. The number of nitrogens with zero attached hydrogens (tertiary/aromatic N) is 2. The highest BCUT2D eigenvalue weighted by Gasteiger charge is 2.36. The molecule has 1 atom stereocenters. The van der Waals surface area contributed by atoms with Crippen LogP contribution in [0.15, 0.2) is 35.2 Å². The molecule has 0 bridgehead atoms. The first-order valence-corrected chi connectivity index (χ1v) is 9.03. The summed E-state index contributed by atoms with van der Waals surface area (Å²) in [5.41, 5.74) is 5.39. The van der Waals surface area contributed by atoms with Gasteiger partial charge in [-0.2, -0.15) is 0 Å². The zero-order valence-corrected chi connectivity index (χ0v) is 14.6. The second kappa shape index (κ2) is 8.24. The molecule has 126 valence electrons. The van der Waals surface area contributed by atoms with Crippen LogP contribution in [0.25, 0.3) is 0 Å². The molecule has 1 aromatic carbocycles. The summed E-state index contributed by atoms with van der Waals surface area (Å²) < 4.78 is 0. The first-order chi connectivity index (χ1) is 11.0. The van der Waals surface area contributed by atoms with Gasteiger partial charge in [0.1, 0.15) is 6.04 Å². The second-order valence-electron chi connectivity index (χ2n) is 5.98. The minimum Gasteiger partial charge on any atom is -0.351 e. The van der Waals surface area contributed by atoms with Gasteiger partial charge in [-0.25, -0.2) is 4.79 Å². The summed E-state index contributed by atoms with van der Waals surface area (Å²) in [6.45, 7) is 5.26. The molecule has 1 aromatic rings. The summed E-state index contributed by atoms with van der Waals surface area (Å²) in [4.78, 5) is 28.9. The highest BCUT2D eigenvalue weighted by Crippen LogP contribution is 2.22. The zero-order chi connectivity index (χ0) is 16.8. The van der Waals surface area contributed by atoms with Crippen molar-refractivity contribution in [1.29, 1.82) is 0 Å². The smallest absolute Gasteiger partial charge is 0.315 e. The van der Waals surface area contributed by atoms with Gasteiger partial charge in [0.05, 0.1) is 0 Å². The Morgan fingerprint density at radius 3 is 2.65 bits per heavy atom. The minimum absolute atomic E-state index is 0.0185. The van der Waals surface area contributed by atoms with Gasteiger partial charge in [-0.1, -0.05) is 18.2 Å². The maximum atomic E-state index is 12.8. The maximum absolute atomic E-state index is 12.8. The number of hydrogen-bond acceptors (Lipinski definition) is 3. The fourth-order valence-corrected chi connectivity index (χ4v) is 3.75. The quantitative estimate of drug-likeness (QED) is 0.813. The predicted molar refractivity (Wildman–Crippen MR) is 93.3 cm³/mol. The number of rotatable bonds is 6. The molecular formula is C17H25N3O2S. The summed E-state index contributed by atoms with van der Waals surface area (Å²) in [7, 11) is 0. The van der Waals surface area contributed by atoms with Gasteiger partial charge >= 0.3 is 6.03 Å². The van der Waals surface area contributed by atoms with Gasteiger partial charge in [0, 0.05) is 29.8 Å². The Morgan fingerprint density at radius 2 is 2.04 bits per heavy atom. The van der Waals surface area contributed by atoms with Crippen molar-refractivity contribution in [3.63, 3.8) is 0 Å². The summed E-state index contributed by atoms with van der Waals surface area (Å²) in [6, 6.07) is 9.37. The average Bonchev–Trinajstić information content (AvgIpc) is 3.01. The highest BCUT2D eigenvalue weighted by atomic mass is 32.2. The van der Waals surface area contributed by atoms with Gasteiger partial charge in [-0.3, -0.25) is 4.79 Å². The number of nitrogens with two attached hydrogens (primary N) is 1. The van der Waals surface area contributed by atoms with Crippen LogP contribution in [0.4, 0.5) is 4.79 Å². The van der Waals surface area contributed by atoms with Crippen LogP contribution in [0.2, 0.25) is 0 Å². The second-order valence-corrected chi connectivity index (χ2v) is 7.14. The molecule has 0 aromatic heterocycles. The van der Waals surface area contributed by atoms with Gasteiger partial charge in [-0.15, -0.1) is 11.8 Å². The molecule has 1 heterocycles. The van der Waals surface area contributed by atoms with Crippen molar-refractivity contribution >= 4 is 23.7 Å². The summed E-state index contributed by atoms with van der Waals surface area (Å²) >= 11 is 1.73.